The van der Waals surface area contributed by atoms with E-state index in [4.69, 9.17) is 9.84 Å². The molecule has 0 saturated carbocycles. The molecule has 0 aliphatic heterocycles. The van der Waals surface area contributed by atoms with Crippen molar-refractivity contribution in [3.8, 4) is 0 Å². The van der Waals surface area contributed by atoms with Crippen LogP contribution >= 0.6 is 0 Å². The minimum atomic E-state index is -3.43. The number of aliphatic hydroxyl groups is 1. The van der Waals surface area contributed by atoms with Gasteiger partial charge in [0.1, 0.15) is 0 Å². The van der Waals surface area contributed by atoms with Gasteiger partial charge in [-0.1, -0.05) is 12.1 Å². The van der Waals surface area contributed by atoms with E-state index in [2.05, 4.69) is 4.72 Å². The molecule has 0 aliphatic carbocycles. The average Bonchev–Trinajstić information content (AvgIpc) is 2.33. The molecule has 0 amide bonds. The van der Waals surface area contributed by atoms with Crippen LogP contribution in [0.15, 0.2) is 29.2 Å². The van der Waals surface area contributed by atoms with Crippen LogP contribution in [0.4, 0.5) is 0 Å². The lowest BCUT2D eigenvalue weighted by atomic mass is 10.2. The summed E-state index contributed by atoms with van der Waals surface area (Å²) < 4.78 is 31.3. The summed E-state index contributed by atoms with van der Waals surface area (Å²) in [6.45, 7) is 2.86. The van der Waals surface area contributed by atoms with Gasteiger partial charge in [0.15, 0.2) is 0 Å². The van der Waals surface area contributed by atoms with E-state index in [0.717, 1.165) is 5.56 Å². The van der Waals surface area contributed by atoms with E-state index < -0.39 is 10.0 Å². The molecule has 0 spiro atoms. The lowest BCUT2D eigenvalue weighted by Crippen LogP contribution is -2.25. The van der Waals surface area contributed by atoms with Crippen LogP contribution < -0.4 is 4.72 Å². The molecule has 0 aliphatic rings. The Bertz CT molecular complexity index is 459. The molecule has 0 radical (unpaired) electrons. The van der Waals surface area contributed by atoms with Gasteiger partial charge in [-0.2, -0.15) is 0 Å². The number of rotatable bonds is 8. The fraction of sp³-hybridized carbons (Fsp3) is 0.500. The van der Waals surface area contributed by atoms with E-state index in [9.17, 15) is 8.42 Å². The maximum Gasteiger partial charge on any atom is 0.240 e. The second-order valence-electron chi connectivity index (χ2n) is 3.90. The largest absolute Gasteiger partial charge is 0.394 e. The zero-order valence-corrected chi connectivity index (χ0v) is 11.2. The fourth-order valence-electron chi connectivity index (χ4n) is 1.41. The van der Waals surface area contributed by atoms with Crippen molar-refractivity contribution in [3.05, 3.63) is 29.8 Å². The van der Waals surface area contributed by atoms with Gasteiger partial charge in [-0.15, -0.1) is 0 Å². The van der Waals surface area contributed by atoms with Crippen LogP contribution in [0.25, 0.3) is 0 Å². The normalized spacial score (nSPS) is 11.7. The Morgan fingerprint density at radius 2 is 2.11 bits per heavy atom. The smallest absolute Gasteiger partial charge is 0.240 e. The number of hydrogen-bond acceptors (Lipinski definition) is 4. The third-order valence-electron chi connectivity index (χ3n) is 2.29. The molecule has 0 heterocycles. The van der Waals surface area contributed by atoms with Crippen molar-refractivity contribution in [3.63, 3.8) is 0 Å². The summed E-state index contributed by atoms with van der Waals surface area (Å²) in [6, 6.07) is 6.76. The molecule has 0 aromatic heterocycles. The molecular formula is C12H19NO4S. The molecule has 1 rings (SSSR count). The zero-order valence-electron chi connectivity index (χ0n) is 10.4. The number of sulfonamides is 1. The molecule has 0 atom stereocenters. The lowest BCUT2D eigenvalue weighted by molar-refractivity contribution is 0.0913. The van der Waals surface area contributed by atoms with Crippen LogP contribution in [0.1, 0.15) is 12.0 Å². The Morgan fingerprint density at radius 1 is 1.33 bits per heavy atom. The molecule has 18 heavy (non-hydrogen) atoms. The Labute approximate surface area is 108 Å². The SMILES string of the molecule is Cc1cccc(S(=O)(=O)NCCCOCCO)c1. The van der Waals surface area contributed by atoms with Crippen molar-refractivity contribution >= 4 is 10.0 Å². The van der Waals surface area contributed by atoms with Crippen LogP contribution in [0.2, 0.25) is 0 Å². The van der Waals surface area contributed by atoms with E-state index in [-0.39, 0.29) is 18.1 Å². The van der Waals surface area contributed by atoms with Crippen LogP contribution in [0.3, 0.4) is 0 Å². The van der Waals surface area contributed by atoms with Gasteiger partial charge >= 0.3 is 0 Å². The van der Waals surface area contributed by atoms with Crippen LogP contribution in [0, 0.1) is 6.92 Å². The van der Waals surface area contributed by atoms with Crippen molar-refractivity contribution in [1.82, 2.24) is 4.72 Å². The molecule has 5 nitrogen and oxygen atoms in total. The highest BCUT2D eigenvalue weighted by atomic mass is 32.2. The van der Waals surface area contributed by atoms with Gasteiger partial charge in [0.25, 0.3) is 0 Å². The van der Waals surface area contributed by atoms with Gasteiger partial charge < -0.3 is 9.84 Å². The summed E-state index contributed by atoms with van der Waals surface area (Å²) in [5, 5.41) is 8.49. The van der Waals surface area contributed by atoms with Crippen LogP contribution in [0.5, 0.6) is 0 Å². The summed E-state index contributed by atoms with van der Waals surface area (Å²) in [5.41, 5.74) is 0.907. The molecule has 1 aromatic rings. The van der Waals surface area contributed by atoms with E-state index in [1.165, 1.54) is 0 Å². The van der Waals surface area contributed by atoms with E-state index in [0.29, 0.717) is 19.6 Å². The van der Waals surface area contributed by atoms with Crippen molar-refractivity contribution in [2.75, 3.05) is 26.4 Å². The van der Waals surface area contributed by atoms with Gasteiger partial charge in [0.05, 0.1) is 18.1 Å². The Kier molecular flexibility index (Phi) is 6.28. The number of aliphatic hydroxyl groups excluding tert-OH is 1. The number of ether oxygens (including phenoxy) is 1. The first kappa shape index (κ1) is 15.1. The maximum atomic E-state index is 11.9. The minimum absolute atomic E-state index is 0.0188. The van der Waals surface area contributed by atoms with Gasteiger partial charge in [-0.3, -0.25) is 0 Å². The minimum Gasteiger partial charge on any atom is -0.394 e. The first-order valence-corrected chi connectivity index (χ1v) is 7.29. The second kappa shape index (κ2) is 7.48. The number of hydrogen-bond donors (Lipinski definition) is 2. The third kappa shape index (κ3) is 5.14. The quantitative estimate of drug-likeness (QED) is 0.683. The highest BCUT2D eigenvalue weighted by Gasteiger charge is 2.12. The lowest BCUT2D eigenvalue weighted by Gasteiger charge is -2.07. The molecular weight excluding hydrogens is 254 g/mol. The predicted molar refractivity (Wildman–Crippen MR) is 68.9 cm³/mol. The topological polar surface area (TPSA) is 75.6 Å². The Hall–Kier alpha value is -0.950. The fourth-order valence-corrected chi connectivity index (χ4v) is 2.59. The van der Waals surface area contributed by atoms with Crippen molar-refractivity contribution < 1.29 is 18.3 Å². The summed E-state index contributed by atoms with van der Waals surface area (Å²) in [5.74, 6) is 0. The standard InChI is InChI=1S/C12H19NO4S/c1-11-4-2-5-12(10-11)18(15,16)13-6-3-8-17-9-7-14/h2,4-5,10,13-14H,3,6-9H2,1H3. The summed E-state index contributed by atoms with van der Waals surface area (Å²) >= 11 is 0. The molecule has 0 bridgehead atoms. The molecule has 2 N–H and O–H groups in total. The number of benzene rings is 1. The van der Waals surface area contributed by atoms with E-state index in [1.54, 1.807) is 18.2 Å². The van der Waals surface area contributed by atoms with Crippen molar-refractivity contribution in [2.45, 2.75) is 18.2 Å². The number of nitrogens with one attached hydrogen (secondary N) is 1. The molecule has 0 fully saturated rings. The number of aryl methyl sites for hydroxylation is 1. The zero-order chi connectivity index (χ0) is 13.4. The second-order valence-corrected chi connectivity index (χ2v) is 5.67. The average molecular weight is 273 g/mol. The highest BCUT2D eigenvalue weighted by Crippen LogP contribution is 2.10. The monoisotopic (exact) mass is 273 g/mol. The first-order chi connectivity index (χ1) is 8.56. The summed E-state index contributed by atoms with van der Waals surface area (Å²) in [6.07, 6.45) is 0.574. The molecule has 0 unspecified atom stereocenters. The third-order valence-corrected chi connectivity index (χ3v) is 3.75. The van der Waals surface area contributed by atoms with Crippen molar-refractivity contribution in [1.29, 1.82) is 0 Å². The van der Waals surface area contributed by atoms with E-state index >= 15 is 0 Å². The molecule has 102 valence electrons. The molecule has 1 aromatic carbocycles. The summed E-state index contributed by atoms with van der Waals surface area (Å²) in [7, 11) is -3.43. The van der Waals surface area contributed by atoms with Crippen LogP contribution in [-0.2, 0) is 14.8 Å². The Morgan fingerprint density at radius 3 is 2.78 bits per heavy atom. The van der Waals surface area contributed by atoms with Crippen LogP contribution in [-0.4, -0.2) is 39.9 Å². The van der Waals surface area contributed by atoms with Gasteiger partial charge in [0, 0.05) is 13.2 Å². The van der Waals surface area contributed by atoms with Gasteiger partial charge in [0.2, 0.25) is 10.0 Å². The van der Waals surface area contributed by atoms with Gasteiger partial charge in [-0.25, -0.2) is 13.1 Å². The van der Waals surface area contributed by atoms with E-state index in [1.807, 2.05) is 13.0 Å². The first-order valence-electron chi connectivity index (χ1n) is 5.81. The molecule has 0 saturated heterocycles. The predicted octanol–water partition coefficient (Wildman–Crippen LogP) is 0.672. The van der Waals surface area contributed by atoms with Gasteiger partial charge in [-0.05, 0) is 31.0 Å². The summed E-state index contributed by atoms with van der Waals surface area (Å²) in [4.78, 5) is 0.277. The molecule has 6 heteroatoms. The highest BCUT2D eigenvalue weighted by molar-refractivity contribution is 7.89. The Balaban J connectivity index is 2.41. The van der Waals surface area contributed by atoms with Crippen molar-refractivity contribution in [2.24, 2.45) is 0 Å². The maximum absolute atomic E-state index is 11.9.